The summed E-state index contributed by atoms with van der Waals surface area (Å²) in [5.74, 6) is 5.39. The summed E-state index contributed by atoms with van der Waals surface area (Å²) in [5, 5.41) is 0. The fraction of sp³-hybridized carbons (Fsp3) is 0.308. The van der Waals surface area contributed by atoms with Crippen molar-refractivity contribution in [1.82, 2.24) is 10.4 Å². The molecule has 2 aromatic rings. The van der Waals surface area contributed by atoms with Gasteiger partial charge in [0.05, 0.1) is 17.2 Å². The molecule has 3 nitrogen and oxygen atoms in total. The third-order valence-electron chi connectivity index (χ3n) is 3.04. The second-order valence-electron chi connectivity index (χ2n) is 4.30. The molecule has 0 saturated carbocycles. The van der Waals surface area contributed by atoms with Crippen LogP contribution in [0.4, 0.5) is 4.39 Å². The number of aromatic nitrogens is 1. The third kappa shape index (κ3) is 2.75. The highest BCUT2D eigenvalue weighted by molar-refractivity contribution is 7.09. The average Bonchev–Trinajstić information content (AvgIpc) is 2.77. The van der Waals surface area contributed by atoms with Gasteiger partial charge in [-0.2, -0.15) is 0 Å². The van der Waals surface area contributed by atoms with Crippen molar-refractivity contribution in [3.05, 3.63) is 51.2 Å². The number of nitrogens with two attached hydrogens (primary N) is 1. The normalized spacial score (nSPS) is 12.7. The number of hydrogen-bond acceptors (Lipinski definition) is 4. The van der Waals surface area contributed by atoms with Crippen molar-refractivity contribution in [2.45, 2.75) is 26.3 Å². The Morgan fingerprint density at radius 1 is 1.44 bits per heavy atom. The van der Waals surface area contributed by atoms with Crippen LogP contribution in [-0.2, 0) is 6.42 Å². The van der Waals surface area contributed by atoms with E-state index in [1.54, 1.807) is 29.0 Å². The predicted octanol–water partition coefficient (Wildman–Crippen LogP) is 2.65. The van der Waals surface area contributed by atoms with E-state index in [2.05, 4.69) is 10.4 Å². The molecule has 0 aliphatic rings. The van der Waals surface area contributed by atoms with Crippen LogP contribution >= 0.6 is 11.3 Å². The molecule has 96 valence electrons. The van der Waals surface area contributed by atoms with Gasteiger partial charge in [0, 0.05) is 4.88 Å². The summed E-state index contributed by atoms with van der Waals surface area (Å²) in [6.07, 6.45) is 0.656. The highest BCUT2D eigenvalue weighted by Gasteiger charge is 2.16. The summed E-state index contributed by atoms with van der Waals surface area (Å²) in [5.41, 5.74) is 7.59. The molecule has 1 atom stereocenters. The fourth-order valence-corrected chi connectivity index (χ4v) is 2.82. The van der Waals surface area contributed by atoms with E-state index in [0.717, 1.165) is 21.7 Å². The van der Waals surface area contributed by atoms with Crippen LogP contribution in [0, 0.1) is 19.7 Å². The zero-order chi connectivity index (χ0) is 13.1. The number of hydrogen-bond donors (Lipinski definition) is 2. The summed E-state index contributed by atoms with van der Waals surface area (Å²) in [4.78, 5) is 5.31. The summed E-state index contributed by atoms with van der Waals surface area (Å²) in [6.45, 7) is 3.93. The van der Waals surface area contributed by atoms with Gasteiger partial charge < -0.3 is 0 Å². The van der Waals surface area contributed by atoms with Crippen LogP contribution in [0.25, 0.3) is 0 Å². The van der Waals surface area contributed by atoms with Gasteiger partial charge in [0.15, 0.2) is 0 Å². The molecule has 0 radical (unpaired) electrons. The maximum Gasteiger partial charge on any atom is 0.123 e. The molecule has 0 fully saturated rings. The topological polar surface area (TPSA) is 50.9 Å². The van der Waals surface area contributed by atoms with E-state index in [0.29, 0.717) is 6.42 Å². The third-order valence-corrected chi connectivity index (χ3v) is 4.08. The van der Waals surface area contributed by atoms with Gasteiger partial charge in [0.25, 0.3) is 0 Å². The Morgan fingerprint density at radius 2 is 2.22 bits per heavy atom. The predicted molar refractivity (Wildman–Crippen MR) is 71.8 cm³/mol. The van der Waals surface area contributed by atoms with E-state index < -0.39 is 0 Å². The lowest BCUT2D eigenvalue weighted by Crippen LogP contribution is -2.29. The van der Waals surface area contributed by atoms with Crippen LogP contribution in [0.5, 0.6) is 0 Å². The Bertz CT molecular complexity index is 539. The van der Waals surface area contributed by atoms with Crippen LogP contribution in [0.2, 0.25) is 0 Å². The fourth-order valence-electron chi connectivity index (χ4n) is 1.95. The standard InChI is InChI=1S/C13H16FN3S/c1-8-3-4-11(14)5-10(8)6-12(17-15)13-9(2)16-7-18-13/h3-5,7,12,17H,6,15H2,1-2H3. The molecule has 0 aliphatic heterocycles. The lowest BCUT2D eigenvalue weighted by molar-refractivity contribution is 0.552. The first-order valence-corrected chi connectivity index (χ1v) is 6.61. The average molecular weight is 265 g/mol. The van der Waals surface area contributed by atoms with Crippen molar-refractivity contribution in [3.63, 3.8) is 0 Å². The lowest BCUT2D eigenvalue weighted by atomic mass is 10.00. The number of nitrogens with zero attached hydrogens (tertiary/aromatic N) is 1. The summed E-state index contributed by atoms with van der Waals surface area (Å²) >= 11 is 1.56. The highest BCUT2D eigenvalue weighted by atomic mass is 32.1. The Morgan fingerprint density at radius 3 is 2.83 bits per heavy atom. The zero-order valence-corrected chi connectivity index (χ0v) is 11.2. The molecule has 1 heterocycles. The lowest BCUT2D eigenvalue weighted by Gasteiger charge is -2.16. The van der Waals surface area contributed by atoms with Crippen molar-refractivity contribution >= 4 is 11.3 Å². The van der Waals surface area contributed by atoms with Crippen LogP contribution in [0.3, 0.4) is 0 Å². The van der Waals surface area contributed by atoms with Crippen molar-refractivity contribution in [2.75, 3.05) is 0 Å². The van der Waals surface area contributed by atoms with Crippen molar-refractivity contribution in [1.29, 1.82) is 0 Å². The van der Waals surface area contributed by atoms with Crippen molar-refractivity contribution < 1.29 is 4.39 Å². The molecule has 0 amide bonds. The molecule has 1 aromatic carbocycles. The number of thiazole rings is 1. The minimum atomic E-state index is -0.215. The summed E-state index contributed by atoms with van der Waals surface area (Å²) in [6, 6.07) is 4.80. The van der Waals surface area contributed by atoms with Crippen molar-refractivity contribution in [3.8, 4) is 0 Å². The zero-order valence-electron chi connectivity index (χ0n) is 10.4. The van der Waals surface area contributed by atoms with Crippen LogP contribution in [0.1, 0.15) is 27.7 Å². The molecule has 5 heteroatoms. The second-order valence-corrected chi connectivity index (χ2v) is 5.18. The maximum atomic E-state index is 13.3. The number of hydrazine groups is 1. The molecular formula is C13H16FN3S. The van der Waals surface area contributed by atoms with E-state index in [1.807, 2.05) is 13.8 Å². The van der Waals surface area contributed by atoms with E-state index in [9.17, 15) is 4.39 Å². The van der Waals surface area contributed by atoms with Gasteiger partial charge >= 0.3 is 0 Å². The molecule has 0 bridgehead atoms. The maximum absolute atomic E-state index is 13.3. The molecule has 1 aromatic heterocycles. The minimum Gasteiger partial charge on any atom is -0.271 e. The van der Waals surface area contributed by atoms with E-state index >= 15 is 0 Å². The smallest absolute Gasteiger partial charge is 0.123 e. The number of halogens is 1. The molecule has 0 spiro atoms. The van der Waals surface area contributed by atoms with E-state index in [-0.39, 0.29) is 11.9 Å². The van der Waals surface area contributed by atoms with Crippen LogP contribution < -0.4 is 11.3 Å². The number of aryl methyl sites for hydroxylation is 2. The first-order chi connectivity index (χ1) is 8.61. The molecule has 0 saturated heterocycles. The van der Waals surface area contributed by atoms with Gasteiger partial charge in [-0.3, -0.25) is 11.3 Å². The summed E-state index contributed by atoms with van der Waals surface area (Å²) in [7, 11) is 0. The van der Waals surface area contributed by atoms with E-state index in [4.69, 9.17) is 5.84 Å². The molecule has 0 aliphatic carbocycles. The molecular weight excluding hydrogens is 249 g/mol. The Labute approximate surface area is 110 Å². The number of benzene rings is 1. The van der Waals surface area contributed by atoms with Crippen LogP contribution in [0.15, 0.2) is 23.7 Å². The first kappa shape index (κ1) is 13.1. The van der Waals surface area contributed by atoms with Crippen molar-refractivity contribution in [2.24, 2.45) is 5.84 Å². The van der Waals surface area contributed by atoms with Gasteiger partial charge in [-0.25, -0.2) is 9.37 Å². The molecule has 2 rings (SSSR count). The van der Waals surface area contributed by atoms with Gasteiger partial charge in [-0.1, -0.05) is 6.07 Å². The number of rotatable bonds is 4. The molecule has 3 N–H and O–H groups in total. The van der Waals surface area contributed by atoms with Gasteiger partial charge in [0.1, 0.15) is 5.82 Å². The Hall–Kier alpha value is -1.30. The minimum absolute atomic E-state index is 0.0296. The highest BCUT2D eigenvalue weighted by Crippen LogP contribution is 2.25. The quantitative estimate of drug-likeness (QED) is 0.660. The SMILES string of the molecule is Cc1ccc(F)cc1CC(NN)c1scnc1C. The van der Waals surface area contributed by atoms with Gasteiger partial charge in [-0.05, 0) is 43.5 Å². The first-order valence-electron chi connectivity index (χ1n) is 5.73. The largest absolute Gasteiger partial charge is 0.271 e. The number of nitrogens with one attached hydrogen (secondary N) is 1. The van der Waals surface area contributed by atoms with Gasteiger partial charge in [-0.15, -0.1) is 11.3 Å². The monoisotopic (exact) mass is 265 g/mol. The molecule has 1 unspecified atom stereocenters. The second kappa shape index (κ2) is 5.56. The Balaban J connectivity index is 2.26. The van der Waals surface area contributed by atoms with E-state index in [1.165, 1.54) is 6.07 Å². The summed E-state index contributed by atoms with van der Waals surface area (Å²) < 4.78 is 13.3. The Kier molecular flexibility index (Phi) is 4.06. The van der Waals surface area contributed by atoms with Gasteiger partial charge in [0.2, 0.25) is 0 Å². The van der Waals surface area contributed by atoms with Crippen LogP contribution in [-0.4, -0.2) is 4.98 Å². The molecule has 18 heavy (non-hydrogen) atoms.